The third kappa shape index (κ3) is 3.58. The second kappa shape index (κ2) is 4.26. The van der Waals surface area contributed by atoms with Crippen molar-refractivity contribution in [1.29, 1.82) is 0 Å². The molecule has 3 nitrogen and oxygen atoms in total. The van der Waals surface area contributed by atoms with Crippen molar-refractivity contribution in [3.63, 3.8) is 0 Å². The highest BCUT2D eigenvalue weighted by molar-refractivity contribution is 9.10. The molecule has 1 aromatic rings. The Kier molecular flexibility index (Phi) is 3.44. The van der Waals surface area contributed by atoms with Crippen LogP contribution in [0, 0.1) is 5.82 Å². The number of rotatable bonds is 1. The van der Waals surface area contributed by atoms with Gasteiger partial charge >= 0.3 is 0 Å². The number of hydrogen-bond acceptors (Lipinski definition) is 2. The first-order valence-electron chi connectivity index (χ1n) is 4.43. The number of nitrogens with zero attached hydrogens (tertiary/aromatic N) is 1. The van der Waals surface area contributed by atoms with Crippen LogP contribution in [-0.2, 0) is 0 Å². The number of carbonyl (C=O) groups excluding carboxylic acids is 1. The van der Waals surface area contributed by atoms with Crippen molar-refractivity contribution in [1.82, 2.24) is 10.3 Å². The summed E-state index contributed by atoms with van der Waals surface area (Å²) < 4.78 is 13.1. The molecule has 0 aliphatic carbocycles. The quantitative estimate of drug-likeness (QED) is 0.855. The second-order valence-electron chi connectivity index (χ2n) is 4.19. The summed E-state index contributed by atoms with van der Waals surface area (Å²) in [7, 11) is 0. The summed E-state index contributed by atoms with van der Waals surface area (Å²) in [6, 6.07) is 1.21. The van der Waals surface area contributed by atoms with Crippen LogP contribution in [0.2, 0.25) is 0 Å². The Bertz CT molecular complexity index is 387. The van der Waals surface area contributed by atoms with Gasteiger partial charge < -0.3 is 5.32 Å². The Morgan fingerprint density at radius 1 is 1.53 bits per heavy atom. The van der Waals surface area contributed by atoms with E-state index < -0.39 is 5.82 Å². The fourth-order valence-electron chi connectivity index (χ4n) is 0.981. The first-order valence-corrected chi connectivity index (χ1v) is 5.22. The lowest BCUT2D eigenvalue weighted by Gasteiger charge is -2.20. The van der Waals surface area contributed by atoms with Gasteiger partial charge in [0.25, 0.3) is 5.91 Å². The summed E-state index contributed by atoms with van der Waals surface area (Å²) in [5.41, 5.74) is -0.154. The van der Waals surface area contributed by atoms with Gasteiger partial charge in [-0.1, -0.05) is 0 Å². The third-order valence-corrected chi connectivity index (χ3v) is 2.12. The van der Waals surface area contributed by atoms with Crippen LogP contribution in [0.4, 0.5) is 4.39 Å². The van der Waals surface area contributed by atoms with Gasteiger partial charge in [-0.25, -0.2) is 9.37 Å². The molecule has 5 heteroatoms. The molecule has 0 aliphatic heterocycles. The Morgan fingerprint density at radius 2 is 2.13 bits per heavy atom. The monoisotopic (exact) mass is 274 g/mol. The summed E-state index contributed by atoms with van der Waals surface area (Å²) >= 11 is 3.09. The van der Waals surface area contributed by atoms with E-state index in [2.05, 4.69) is 26.2 Å². The maximum absolute atomic E-state index is 12.7. The summed E-state index contributed by atoms with van der Waals surface area (Å²) in [5.74, 6) is -0.802. The Hall–Kier alpha value is -0.970. The first-order chi connectivity index (χ1) is 6.79. The molecule has 0 saturated carbocycles. The fourth-order valence-corrected chi connectivity index (χ4v) is 1.48. The van der Waals surface area contributed by atoms with Gasteiger partial charge in [0, 0.05) is 5.54 Å². The van der Waals surface area contributed by atoms with Crippen molar-refractivity contribution in [3.8, 4) is 0 Å². The topological polar surface area (TPSA) is 42.0 Å². The van der Waals surface area contributed by atoms with Gasteiger partial charge in [0.15, 0.2) is 0 Å². The Morgan fingerprint density at radius 3 is 2.60 bits per heavy atom. The lowest BCUT2D eigenvalue weighted by molar-refractivity contribution is 0.0913. The lowest BCUT2D eigenvalue weighted by atomic mass is 10.1. The summed E-state index contributed by atoms with van der Waals surface area (Å²) in [6.07, 6.45) is 1.02. The predicted molar refractivity (Wildman–Crippen MR) is 59.1 cm³/mol. The predicted octanol–water partition coefficient (Wildman–Crippen LogP) is 2.51. The van der Waals surface area contributed by atoms with Crippen LogP contribution in [0.15, 0.2) is 16.7 Å². The zero-order valence-corrected chi connectivity index (χ0v) is 10.4. The molecule has 82 valence electrons. The molecule has 0 fully saturated rings. The number of amides is 1. The fraction of sp³-hybridized carbons (Fsp3) is 0.400. The van der Waals surface area contributed by atoms with Gasteiger partial charge in [0.2, 0.25) is 0 Å². The number of aromatic nitrogens is 1. The van der Waals surface area contributed by atoms with Crippen molar-refractivity contribution in [2.24, 2.45) is 0 Å². The minimum absolute atomic E-state index is 0.186. The highest BCUT2D eigenvalue weighted by Gasteiger charge is 2.18. The zero-order chi connectivity index (χ0) is 11.6. The molecule has 0 atom stereocenters. The van der Waals surface area contributed by atoms with Gasteiger partial charge in [0.1, 0.15) is 11.5 Å². The summed E-state index contributed by atoms with van der Waals surface area (Å²) in [4.78, 5) is 15.4. The highest BCUT2D eigenvalue weighted by Crippen LogP contribution is 2.16. The van der Waals surface area contributed by atoms with Crippen LogP contribution in [0.25, 0.3) is 0 Å². The highest BCUT2D eigenvalue weighted by atomic mass is 79.9. The van der Waals surface area contributed by atoms with E-state index in [0.717, 1.165) is 6.20 Å². The lowest BCUT2D eigenvalue weighted by Crippen LogP contribution is -2.41. The van der Waals surface area contributed by atoms with E-state index in [1.54, 1.807) is 0 Å². The molecule has 0 saturated heterocycles. The van der Waals surface area contributed by atoms with E-state index in [0.29, 0.717) is 4.47 Å². The molecule has 1 amide bonds. The Balaban J connectivity index is 2.92. The van der Waals surface area contributed by atoms with Crippen molar-refractivity contribution in [3.05, 3.63) is 28.2 Å². The van der Waals surface area contributed by atoms with Crippen LogP contribution in [0.1, 0.15) is 31.3 Å². The molecular formula is C10H12BrFN2O. The third-order valence-electron chi connectivity index (χ3n) is 1.51. The molecule has 0 radical (unpaired) electrons. The van der Waals surface area contributed by atoms with Gasteiger partial charge in [-0.05, 0) is 42.8 Å². The molecule has 1 rings (SSSR count). The molecule has 0 unspecified atom stereocenters. The standard InChI is InChI=1S/C10H12BrFN2O/c1-10(2,3)14-9(15)8-7(11)4-6(12)5-13-8/h4-5H,1-3H3,(H,14,15). The number of pyridine rings is 1. The number of hydrogen-bond donors (Lipinski definition) is 1. The van der Waals surface area contributed by atoms with Crippen LogP contribution >= 0.6 is 15.9 Å². The molecule has 0 spiro atoms. The molecule has 1 aromatic heterocycles. The van der Waals surface area contributed by atoms with E-state index in [1.165, 1.54) is 6.07 Å². The van der Waals surface area contributed by atoms with Gasteiger partial charge in [-0.2, -0.15) is 0 Å². The second-order valence-corrected chi connectivity index (χ2v) is 5.04. The van der Waals surface area contributed by atoms with Crippen LogP contribution in [0.3, 0.4) is 0 Å². The molecule has 0 bridgehead atoms. The van der Waals surface area contributed by atoms with E-state index >= 15 is 0 Å². The van der Waals surface area contributed by atoms with Crippen LogP contribution in [0.5, 0.6) is 0 Å². The number of halogens is 2. The van der Waals surface area contributed by atoms with Crippen molar-refractivity contribution < 1.29 is 9.18 Å². The van der Waals surface area contributed by atoms with E-state index in [4.69, 9.17) is 0 Å². The summed E-state index contributed by atoms with van der Waals surface area (Å²) in [5, 5.41) is 2.74. The van der Waals surface area contributed by atoms with Gasteiger partial charge in [0.05, 0.1) is 10.7 Å². The van der Waals surface area contributed by atoms with Crippen LogP contribution in [-0.4, -0.2) is 16.4 Å². The average Bonchev–Trinajstić information content (AvgIpc) is 1.99. The van der Waals surface area contributed by atoms with E-state index in [-0.39, 0.29) is 17.1 Å². The van der Waals surface area contributed by atoms with E-state index in [1.807, 2.05) is 20.8 Å². The molecule has 0 aromatic carbocycles. The van der Waals surface area contributed by atoms with Crippen molar-refractivity contribution >= 4 is 21.8 Å². The molecule has 15 heavy (non-hydrogen) atoms. The molecular weight excluding hydrogens is 263 g/mol. The van der Waals surface area contributed by atoms with Crippen molar-refractivity contribution in [2.45, 2.75) is 26.3 Å². The SMILES string of the molecule is CC(C)(C)NC(=O)c1ncc(F)cc1Br. The van der Waals surface area contributed by atoms with Crippen molar-refractivity contribution in [2.75, 3.05) is 0 Å². The molecule has 1 N–H and O–H groups in total. The van der Waals surface area contributed by atoms with Gasteiger partial charge in [-0.3, -0.25) is 4.79 Å². The number of nitrogens with one attached hydrogen (secondary N) is 1. The smallest absolute Gasteiger partial charge is 0.271 e. The normalized spacial score (nSPS) is 11.3. The Labute approximate surface area is 96.2 Å². The minimum Gasteiger partial charge on any atom is -0.346 e. The first kappa shape index (κ1) is 12.1. The number of carbonyl (C=O) groups is 1. The van der Waals surface area contributed by atoms with Gasteiger partial charge in [-0.15, -0.1) is 0 Å². The van der Waals surface area contributed by atoms with E-state index in [9.17, 15) is 9.18 Å². The minimum atomic E-state index is -0.478. The maximum Gasteiger partial charge on any atom is 0.271 e. The summed E-state index contributed by atoms with van der Waals surface area (Å²) in [6.45, 7) is 5.59. The zero-order valence-electron chi connectivity index (χ0n) is 8.77. The molecule has 0 aliphatic rings. The maximum atomic E-state index is 12.7. The van der Waals surface area contributed by atoms with Crippen LogP contribution < -0.4 is 5.32 Å². The largest absolute Gasteiger partial charge is 0.346 e. The average molecular weight is 275 g/mol. The molecule has 1 heterocycles.